The summed E-state index contributed by atoms with van der Waals surface area (Å²) in [6.45, 7) is 3.94. The van der Waals surface area contributed by atoms with Crippen LogP contribution in [0, 0.1) is 5.92 Å². The maximum atomic E-state index is 9.00. The molecule has 1 N–H and O–H groups in total. The van der Waals surface area contributed by atoms with Crippen molar-refractivity contribution in [1.29, 1.82) is 0 Å². The first-order valence-corrected chi connectivity index (χ1v) is 15.3. The van der Waals surface area contributed by atoms with Crippen molar-refractivity contribution in [2.75, 3.05) is 19.8 Å². The van der Waals surface area contributed by atoms with Crippen LogP contribution in [0.25, 0.3) is 0 Å². The summed E-state index contributed by atoms with van der Waals surface area (Å²) in [5.74, 6) is 0.675. The molecule has 0 saturated carbocycles. The molecule has 0 amide bonds. The molecule has 4 heterocycles. The van der Waals surface area contributed by atoms with Gasteiger partial charge in [0.05, 0.1) is 0 Å². The Morgan fingerprint density at radius 2 is 2.00 bits per heavy atom. The average Bonchev–Trinajstić information content (AvgIpc) is 3.33. The summed E-state index contributed by atoms with van der Waals surface area (Å²) in [6, 6.07) is 13.9. The third-order valence-electron chi connectivity index (χ3n) is 7.71. The Bertz CT molecular complexity index is 971. The fourth-order valence-corrected chi connectivity index (χ4v) is 8.37. The second-order valence-corrected chi connectivity index (χ2v) is 12.1. The quantitative estimate of drug-likeness (QED) is 0.248. The van der Waals surface area contributed by atoms with Crippen LogP contribution < -0.4 is 4.46 Å². The summed E-state index contributed by atoms with van der Waals surface area (Å²) in [5, 5.41) is 10.2. The van der Waals surface area contributed by atoms with E-state index < -0.39 is 0 Å². The van der Waals surface area contributed by atoms with E-state index in [4.69, 9.17) is 14.6 Å². The van der Waals surface area contributed by atoms with Crippen molar-refractivity contribution in [3.8, 4) is 0 Å². The van der Waals surface area contributed by atoms with E-state index in [0.29, 0.717) is 33.0 Å². The number of ether oxygens (including phenoxy) is 2. The molecule has 6 atom stereocenters. The molecule has 35 heavy (non-hydrogen) atoms. The van der Waals surface area contributed by atoms with Crippen molar-refractivity contribution < 1.29 is 14.6 Å². The van der Waals surface area contributed by atoms with Gasteiger partial charge in [0, 0.05) is 6.61 Å². The number of rotatable bonds is 12. The minimum atomic E-state index is 0.105. The topological polar surface area (TPSA) is 54.8 Å². The molecule has 6 rings (SSSR count). The Balaban J connectivity index is 1.37. The molecule has 2 saturated heterocycles. The molecule has 0 spiro atoms. The van der Waals surface area contributed by atoms with Gasteiger partial charge in [-0.1, -0.05) is 0 Å². The molecule has 5 nitrogen and oxygen atoms in total. The van der Waals surface area contributed by atoms with E-state index in [2.05, 4.69) is 71.6 Å². The third kappa shape index (κ3) is 5.29. The van der Waals surface area contributed by atoms with E-state index in [1.165, 1.54) is 20.9 Å². The van der Waals surface area contributed by atoms with Crippen LogP contribution in [-0.4, -0.2) is 68.1 Å². The number of pyridine rings is 1. The first-order valence-electron chi connectivity index (χ1n) is 13.2. The van der Waals surface area contributed by atoms with Gasteiger partial charge in [-0.2, -0.15) is 0 Å². The van der Waals surface area contributed by atoms with Crippen LogP contribution in [0.15, 0.2) is 60.9 Å². The van der Waals surface area contributed by atoms with Crippen molar-refractivity contribution >= 4 is 19.4 Å². The van der Waals surface area contributed by atoms with Gasteiger partial charge in [-0.25, -0.2) is 0 Å². The molecule has 2 fully saturated rings. The van der Waals surface area contributed by atoms with Crippen LogP contribution in [0.1, 0.15) is 62.1 Å². The summed E-state index contributed by atoms with van der Waals surface area (Å²) >= 11 is 0.435. The Hall–Kier alpha value is -1.53. The van der Waals surface area contributed by atoms with Crippen molar-refractivity contribution in [3.05, 3.63) is 72.1 Å². The normalized spacial score (nSPS) is 29.5. The molecule has 1 aromatic carbocycles. The molecule has 2 aromatic rings. The van der Waals surface area contributed by atoms with Crippen LogP contribution in [0.4, 0.5) is 0 Å². The second-order valence-electron chi connectivity index (χ2n) is 9.78. The number of unbranched alkanes of at least 4 members (excludes halogenated alkanes) is 2. The van der Waals surface area contributed by atoms with Crippen molar-refractivity contribution in [3.63, 3.8) is 0 Å². The molecule has 1 aromatic heterocycles. The van der Waals surface area contributed by atoms with Gasteiger partial charge in [0.2, 0.25) is 0 Å². The van der Waals surface area contributed by atoms with Gasteiger partial charge in [0.25, 0.3) is 0 Å². The molecule has 6 heteroatoms. The Morgan fingerprint density at radius 3 is 2.83 bits per heavy atom. The summed E-state index contributed by atoms with van der Waals surface area (Å²) in [5.41, 5.74) is 2.78. The maximum absolute atomic E-state index is 9.00. The number of aromatic nitrogens is 1. The number of hydrogen-bond acceptors (Lipinski definition) is 5. The van der Waals surface area contributed by atoms with Crippen LogP contribution in [-0.2, 0) is 9.47 Å². The number of hydrogen-bond donors (Lipinski definition) is 1. The van der Waals surface area contributed by atoms with E-state index in [1.54, 1.807) is 0 Å². The van der Waals surface area contributed by atoms with E-state index in [9.17, 15) is 0 Å². The average molecular weight is 542 g/mol. The summed E-state index contributed by atoms with van der Waals surface area (Å²) in [4.78, 5) is 7.27. The molecular weight excluding hydrogens is 503 g/mol. The number of fused-ring (bicyclic) bond motifs is 1. The van der Waals surface area contributed by atoms with Gasteiger partial charge in [-0.3, -0.25) is 0 Å². The number of aliphatic hydroxyl groups excluding tert-OH is 1. The predicted octanol–water partition coefficient (Wildman–Crippen LogP) is 4.23. The monoisotopic (exact) mass is 542 g/mol. The van der Waals surface area contributed by atoms with Gasteiger partial charge in [0.1, 0.15) is 0 Å². The SMILES string of the molecule is CCO[C@H]1[C@@H](CC/C=C\CCCCO)[C@H]2c3cnccc3[C@@H]1[C@@H]1OC[C@@H](C[Se]c3ccccc3)N21. The molecular formula is C29H38N2O3Se. The fourth-order valence-electron chi connectivity index (χ4n) is 6.27. The number of benzene rings is 1. The van der Waals surface area contributed by atoms with Crippen LogP contribution in [0.2, 0.25) is 5.32 Å². The number of allylic oxidation sites excluding steroid dienone is 2. The van der Waals surface area contributed by atoms with Crippen LogP contribution in [0.3, 0.4) is 0 Å². The van der Waals surface area contributed by atoms with Gasteiger partial charge in [-0.05, 0) is 0 Å². The molecule has 2 bridgehead atoms. The first kappa shape index (κ1) is 25.1. The van der Waals surface area contributed by atoms with Gasteiger partial charge in [0.15, 0.2) is 0 Å². The molecule has 4 aliphatic rings. The van der Waals surface area contributed by atoms with Crippen molar-refractivity contribution in [2.24, 2.45) is 5.92 Å². The molecule has 3 aliphatic heterocycles. The number of nitrogens with zero attached hydrogens (tertiary/aromatic N) is 2. The Kier molecular flexibility index (Phi) is 8.72. The zero-order valence-electron chi connectivity index (χ0n) is 20.7. The molecule has 0 radical (unpaired) electrons. The second kappa shape index (κ2) is 12.1. The Labute approximate surface area is 216 Å². The molecule has 1 aliphatic carbocycles. The van der Waals surface area contributed by atoms with Crippen LogP contribution >= 0.6 is 0 Å². The van der Waals surface area contributed by atoms with E-state index in [0.717, 1.165) is 45.3 Å². The molecule has 188 valence electrons. The third-order valence-corrected chi connectivity index (χ3v) is 10.1. The first-order chi connectivity index (χ1) is 17.3. The predicted molar refractivity (Wildman–Crippen MR) is 140 cm³/mol. The minimum absolute atomic E-state index is 0.105. The van der Waals surface area contributed by atoms with Crippen molar-refractivity contribution in [1.82, 2.24) is 9.88 Å². The van der Waals surface area contributed by atoms with E-state index in [-0.39, 0.29) is 24.9 Å². The van der Waals surface area contributed by atoms with Crippen molar-refractivity contribution in [2.45, 2.75) is 74.7 Å². The van der Waals surface area contributed by atoms with E-state index >= 15 is 0 Å². The summed E-state index contributed by atoms with van der Waals surface area (Å²) < 4.78 is 14.5. The fraction of sp³-hybridized carbons (Fsp3) is 0.552. The summed E-state index contributed by atoms with van der Waals surface area (Å²) in [6.07, 6.45) is 14.1. The van der Waals surface area contributed by atoms with E-state index in [1.807, 2.05) is 6.20 Å². The van der Waals surface area contributed by atoms with Gasteiger partial charge in [-0.15, -0.1) is 0 Å². The number of piperidine rings is 1. The zero-order chi connectivity index (χ0) is 24.0. The zero-order valence-corrected chi connectivity index (χ0v) is 22.4. The Morgan fingerprint density at radius 1 is 1.14 bits per heavy atom. The van der Waals surface area contributed by atoms with Crippen LogP contribution in [0.5, 0.6) is 0 Å². The molecule has 0 unspecified atom stereocenters. The van der Waals surface area contributed by atoms with Gasteiger partial charge < -0.3 is 5.11 Å². The number of aliphatic hydroxyl groups is 1. The van der Waals surface area contributed by atoms with Gasteiger partial charge >= 0.3 is 205 Å². The standard InChI is InChI=1S/C29H38N2O3Se/c1-2-33-28-24(14-10-5-3-4-6-11-17-32)27-25-18-30-16-15-23(25)26(28)29-31(27)21(19-34-29)20-35-22-12-8-7-9-13-22/h3,5,7-9,12-13,15-16,18,21,24,26-29,32H,2,4,6,10-11,14,17,19-20H2,1H3/b5-3-/t21-,24-,26-,27-,28-,29-/m0/s1. The summed E-state index contributed by atoms with van der Waals surface area (Å²) in [7, 11) is 0.